The summed E-state index contributed by atoms with van der Waals surface area (Å²) in [6.45, 7) is 3.59. The van der Waals surface area contributed by atoms with Crippen LogP contribution in [0.4, 0.5) is 0 Å². The summed E-state index contributed by atoms with van der Waals surface area (Å²) in [5, 5.41) is 9.86. The summed E-state index contributed by atoms with van der Waals surface area (Å²) >= 11 is 2.00. The minimum Gasteiger partial charge on any atom is -0.490 e. The highest BCUT2D eigenvalue weighted by Gasteiger charge is 2.17. The molecule has 1 aromatic rings. The van der Waals surface area contributed by atoms with Crippen LogP contribution in [-0.4, -0.2) is 22.7 Å². The van der Waals surface area contributed by atoms with Crippen LogP contribution in [0.1, 0.15) is 32.3 Å². The molecule has 1 N–H and O–H groups in total. The largest absolute Gasteiger partial charge is 0.490 e. The number of thioether (sulfide) groups is 1. The van der Waals surface area contributed by atoms with Gasteiger partial charge in [0, 0.05) is 0 Å². The van der Waals surface area contributed by atoms with Gasteiger partial charge in [-0.1, -0.05) is 12.1 Å². The molecule has 17 heavy (non-hydrogen) atoms. The van der Waals surface area contributed by atoms with Crippen LogP contribution >= 0.6 is 11.8 Å². The predicted molar refractivity (Wildman–Crippen MR) is 72.7 cm³/mol. The lowest BCUT2D eigenvalue weighted by molar-refractivity contribution is 0.0785. The fraction of sp³-hybridized carbons (Fsp3) is 0.571. The number of aliphatic hydroxyl groups is 1. The van der Waals surface area contributed by atoms with Crippen molar-refractivity contribution in [3.63, 3.8) is 0 Å². The van der Waals surface area contributed by atoms with E-state index in [2.05, 4.69) is 0 Å². The van der Waals surface area contributed by atoms with Gasteiger partial charge in [0.05, 0.1) is 5.60 Å². The lowest BCUT2D eigenvalue weighted by Gasteiger charge is -2.23. The number of hydrogen-bond acceptors (Lipinski definition) is 3. The van der Waals surface area contributed by atoms with Crippen molar-refractivity contribution in [2.75, 3.05) is 11.5 Å². The molecule has 0 unspecified atom stereocenters. The Hall–Kier alpha value is -0.670. The van der Waals surface area contributed by atoms with Gasteiger partial charge in [0.15, 0.2) is 0 Å². The topological polar surface area (TPSA) is 29.5 Å². The van der Waals surface area contributed by atoms with Gasteiger partial charge in [0.2, 0.25) is 0 Å². The van der Waals surface area contributed by atoms with Crippen molar-refractivity contribution in [1.82, 2.24) is 0 Å². The summed E-state index contributed by atoms with van der Waals surface area (Å²) in [5.74, 6) is 3.31. The third-order valence-corrected chi connectivity index (χ3v) is 4.08. The minimum atomic E-state index is -0.778. The molecule has 1 heterocycles. The second kappa shape index (κ2) is 5.32. The van der Waals surface area contributed by atoms with Crippen LogP contribution in [0.25, 0.3) is 0 Å². The summed E-state index contributed by atoms with van der Waals surface area (Å²) in [6, 6.07) is 7.78. The molecule has 0 bridgehead atoms. The first-order chi connectivity index (χ1) is 8.05. The van der Waals surface area contributed by atoms with E-state index < -0.39 is 5.60 Å². The molecule has 2 rings (SSSR count). The summed E-state index contributed by atoms with van der Waals surface area (Å²) in [4.78, 5) is 0. The van der Waals surface area contributed by atoms with Gasteiger partial charge >= 0.3 is 0 Å². The van der Waals surface area contributed by atoms with Crippen LogP contribution in [0.15, 0.2) is 24.3 Å². The van der Waals surface area contributed by atoms with Crippen molar-refractivity contribution in [2.45, 2.75) is 38.4 Å². The summed E-state index contributed by atoms with van der Waals surface area (Å²) < 4.78 is 5.93. The summed E-state index contributed by atoms with van der Waals surface area (Å²) in [6.07, 6.45) is 2.64. The molecule has 0 aliphatic carbocycles. The molecule has 0 radical (unpaired) electrons. The molecule has 1 saturated heterocycles. The Morgan fingerprint density at radius 3 is 2.29 bits per heavy atom. The molecular formula is C14H20O2S. The predicted octanol–water partition coefficient (Wildman–Crippen LogP) is 3.19. The van der Waals surface area contributed by atoms with Gasteiger partial charge in [-0.05, 0) is 55.9 Å². The standard InChI is InChI=1S/C14H20O2S/c1-14(2,15)11-3-5-12(6-4-11)16-13-7-9-17-10-8-13/h3-6,13,15H,7-10H2,1-2H3. The molecule has 0 saturated carbocycles. The SMILES string of the molecule is CC(C)(O)c1ccc(OC2CCSCC2)cc1. The third-order valence-electron chi connectivity index (χ3n) is 3.03. The lowest BCUT2D eigenvalue weighted by atomic mass is 9.99. The van der Waals surface area contributed by atoms with Crippen molar-refractivity contribution in [3.8, 4) is 5.75 Å². The van der Waals surface area contributed by atoms with Crippen molar-refractivity contribution in [3.05, 3.63) is 29.8 Å². The first kappa shape index (κ1) is 12.8. The first-order valence-electron chi connectivity index (χ1n) is 6.13. The lowest BCUT2D eigenvalue weighted by Crippen LogP contribution is -2.22. The zero-order chi connectivity index (χ0) is 12.3. The molecule has 3 heteroatoms. The van der Waals surface area contributed by atoms with Gasteiger partial charge in [0.1, 0.15) is 11.9 Å². The van der Waals surface area contributed by atoms with E-state index in [0.29, 0.717) is 6.10 Å². The van der Waals surface area contributed by atoms with Crippen LogP contribution in [0.5, 0.6) is 5.75 Å². The van der Waals surface area contributed by atoms with E-state index in [1.807, 2.05) is 36.0 Å². The van der Waals surface area contributed by atoms with Gasteiger partial charge < -0.3 is 9.84 Å². The Labute approximate surface area is 107 Å². The Balaban J connectivity index is 1.98. The maximum absolute atomic E-state index is 9.86. The Bertz CT molecular complexity index is 347. The van der Waals surface area contributed by atoms with E-state index in [-0.39, 0.29) is 0 Å². The molecule has 1 aromatic carbocycles. The maximum atomic E-state index is 9.86. The zero-order valence-electron chi connectivity index (χ0n) is 10.5. The van der Waals surface area contributed by atoms with Crippen molar-refractivity contribution >= 4 is 11.8 Å². The van der Waals surface area contributed by atoms with Crippen LogP contribution in [0, 0.1) is 0 Å². The molecule has 94 valence electrons. The molecule has 1 aliphatic rings. The van der Waals surface area contributed by atoms with Gasteiger partial charge in [0.25, 0.3) is 0 Å². The van der Waals surface area contributed by atoms with E-state index >= 15 is 0 Å². The van der Waals surface area contributed by atoms with E-state index in [1.165, 1.54) is 11.5 Å². The van der Waals surface area contributed by atoms with Crippen molar-refractivity contribution in [1.29, 1.82) is 0 Å². The van der Waals surface area contributed by atoms with Crippen molar-refractivity contribution < 1.29 is 9.84 Å². The molecule has 2 nitrogen and oxygen atoms in total. The zero-order valence-corrected chi connectivity index (χ0v) is 11.3. The van der Waals surface area contributed by atoms with Gasteiger partial charge in [-0.25, -0.2) is 0 Å². The Morgan fingerprint density at radius 1 is 1.18 bits per heavy atom. The number of rotatable bonds is 3. The fourth-order valence-corrected chi connectivity index (χ4v) is 2.99. The van der Waals surface area contributed by atoms with Crippen LogP contribution in [0.3, 0.4) is 0 Å². The summed E-state index contributed by atoms with van der Waals surface area (Å²) in [5.41, 5.74) is 0.143. The van der Waals surface area contributed by atoms with Gasteiger partial charge in [-0.15, -0.1) is 0 Å². The molecule has 1 aliphatic heterocycles. The van der Waals surface area contributed by atoms with Crippen LogP contribution in [-0.2, 0) is 5.60 Å². The average Bonchev–Trinajstić information content (AvgIpc) is 2.30. The third kappa shape index (κ3) is 3.65. The highest BCUT2D eigenvalue weighted by atomic mass is 32.2. The Kier molecular flexibility index (Phi) is 4.00. The van der Waals surface area contributed by atoms with Crippen LogP contribution < -0.4 is 4.74 Å². The monoisotopic (exact) mass is 252 g/mol. The fourth-order valence-electron chi connectivity index (χ4n) is 1.93. The second-order valence-electron chi connectivity index (χ2n) is 5.01. The first-order valence-corrected chi connectivity index (χ1v) is 7.28. The minimum absolute atomic E-state index is 0.365. The van der Waals surface area contributed by atoms with E-state index in [9.17, 15) is 5.11 Å². The average molecular weight is 252 g/mol. The number of hydrogen-bond donors (Lipinski definition) is 1. The molecule has 0 aromatic heterocycles. The molecular weight excluding hydrogens is 232 g/mol. The number of benzene rings is 1. The Morgan fingerprint density at radius 2 is 1.76 bits per heavy atom. The highest BCUT2D eigenvalue weighted by molar-refractivity contribution is 7.99. The van der Waals surface area contributed by atoms with Crippen molar-refractivity contribution in [2.24, 2.45) is 0 Å². The van der Waals surface area contributed by atoms with E-state index in [0.717, 1.165) is 24.2 Å². The number of ether oxygens (including phenoxy) is 1. The highest BCUT2D eigenvalue weighted by Crippen LogP contribution is 2.25. The molecule has 0 atom stereocenters. The van der Waals surface area contributed by atoms with Crippen LogP contribution in [0.2, 0.25) is 0 Å². The smallest absolute Gasteiger partial charge is 0.119 e. The van der Waals surface area contributed by atoms with E-state index in [4.69, 9.17) is 4.74 Å². The second-order valence-corrected chi connectivity index (χ2v) is 6.24. The van der Waals surface area contributed by atoms with Gasteiger partial charge in [-0.2, -0.15) is 11.8 Å². The normalized spacial score (nSPS) is 18.1. The van der Waals surface area contributed by atoms with Gasteiger partial charge in [-0.3, -0.25) is 0 Å². The maximum Gasteiger partial charge on any atom is 0.119 e. The van der Waals surface area contributed by atoms with E-state index in [1.54, 1.807) is 13.8 Å². The molecule has 0 amide bonds. The molecule has 1 fully saturated rings. The summed E-state index contributed by atoms with van der Waals surface area (Å²) in [7, 11) is 0. The quantitative estimate of drug-likeness (QED) is 0.896. The molecule has 0 spiro atoms.